The molecule has 3 amide bonds. The van der Waals surface area contributed by atoms with Crippen molar-refractivity contribution >= 4 is 58.1 Å². The number of likely N-dealkylation sites (N-methyl/N-ethyl adjacent to an activating group) is 2. The maximum Gasteiger partial charge on any atom is 0.258 e. The second kappa shape index (κ2) is 11.1. The standard InChI is InChI=1S/C24H23Cl2N5O3/c1-30(2)14-22(32)31(3)18-7-4-15(5-8-18)23(33)28-20-9-6-16(25)12-19(20)24(34)29-21-13-17(26)10-11-27-21/h4-13H,14H2,1-3H3,(H,28,33)(H,27,29,34). The molecule has 0 saturated carbocycles. The normalized spacial score (nSPS) is 10.6. The number of anilines is 3. The Morgan fingerprint density at radius 3 is 2.18 bits per heavy atom. The zero-order chi connectivity index (χ0) is 24.8. The molecule has 3 rings (SSSR count). The molecule has 0 radical (unpaired) electrons. The lowest BCUT2D eigenvalue weighted by Crippen LogP contribution is -2.35. The first-order chi connectivity index (χ1) is 16.1. The number of carbonyl (C=O) groups excluding carboxylic acids is 3. The number of benzene rings is 2. The Morgan fingerprint density at radius 2 is 1.53 bits per heavy atom. The summed E-state index contributed by atoms with van der Waals surface area (Å²) >= 11 is 12.0. The summed E-state index contributed by atoms with van der Waals surface area (Å²) in [6.07, 6.45) is 1.47. The van der Waals surface area contributed by atoms with E-state index in [0.29, 0.717) is 21.3 Å². The molecule has 0 bridgehead atoms. The molecule has 34 heavy (non-hydrogen) atoms. The second-order valence-corrected chi connectivity index (χ2v) is 8.57. The molecule has 0 spiro atoms. The number of amides is 3. The van der Waals surface area contributed by atoms with Crippen molar-refractivity contribution in [3.05, 3.63) is 82.0 Å². The van der Waals surface area contributed by atoms with Crippen LogP contribution in [0.25, 0.3) is 0 Å². The first kappa shape index (κ1) is 25.2. The largest absolute Gasteiger partial charge is 0.321 e. The third-order valence-corrected chi connectivity index (χ3v) is 5.25. The molecule has 0 fully saturated rings. The van der Waals surface area contributed by atoms with Gasteiger partial charge in [-0.3, -0.25) is 14.4 Å². The van der Waals surface area contributed by atoms with Crippen molar-refractivity contribution in [3.63, 3.8) is 0 Å². The van der Waals surface area contributed by atoms with Gasteiger partial charge in [-0.15, -0.1) is 0 Å². The third kappa shape index (κ3) is 6.54. The van der Waals surface area contributed by atoms with Crippen molar-refractivity contribution in [3.8, 4) is 0 Å². The van der Waals surface area contributed by atoms with Crippen molar-refractivity contribution < 1.29 is 14.4 Å². The average molecular weight is 500 g/mol. The molecule has 0 atom stereocenters. The van der Waals surface area contributed by atoms with E-state index in [2.05, 4.69) is 15.6 Å². The molecule has 2 aromatic carbocycles. The van der Waals surface area contributed by atoms with Crippen molar-refractivity contribution in [2.24, 2.45) is 0 Å². The summed E-state index contributed by atoms with van der Waals surface area (Å²) < 4.78 is 0. The summed E-state index contributed by atoms with van der Waals surface area (Å²) in [4.78, 5) is 45.3. The van der Waals surface area contributed by atoms with Crippen LogP contribution >= 0.6 is 23.2 Å². The number of rotatable bonds is 7. The van der Waals surface area contributed by atoms with Crippen LogP contribution in [-0.4, -0.2) is 55.3 Å². The highest BCUT2D eigenvalue weighted by atomic mass is 35.5. The minimum Gasteiger partial charge on any atom is -0.321 e. The van der Waals surface area contributed by atoms with Gasteiger partial charge in [0.25, 0.3) is 11.8 Å². The van der Waals surface area contributed by atoms with Gasteiger partial charge in [0.1, 0.15) is 5.82 Å². The van der Waals surface area contributed by atoms with E-state index in [1.54, 1.807) is 54.4 Å². The molecule has 2 N–H and O–H groups in total. The number of hydrogen-bond donors (Lipinski definition) is 2. The molecule has 0 aliphatic heterocycles. The molecular formula is C24H23Cl2N5O3. The number of nitrogens with zero attached hydrogens (tertiary/aromatic N) is 3. The zero-order valence-corrected chi connectivity index (χ0v) is 20.3. The van der Waals surface area contributed by atoms with Gasteiger partial charge in [0.15, 0.2) is 0 Å². The molecule has 176 valence electrons. The van der Waals surface area contributed by atoms with Crippen LogP contribution in [0.1, 0.15) is 20.7 Å². The average Bonchev–Trinajstić information content (AvgIpc) is 2.79. The van der Waals surface area contributed by atoms with Crippen LogP contribution in [-0.2, 0) is 4.79 Å². The number of nitrogens with one attached hydrogen (secondary N) is 2. The van der Waals surface area contributed by atoms with Crippen molar-refractivity contribution in [1.82, 2.24) is 9.88 Å². The number of carbonyl (C=O) groups is 3. The minimum absolute atomic E-state index is 0.0757. The second-order valence-electron chi connectivity index (χ2n) is 7.69. The molecule has 10 heteroatoms. The highest BCUT2D eigenvalue weighted by molar-refractivity contribution is 6.31. The summed E-state index contributed by atoms with van der Waals surface area (Å²) in [7, 11) is 5.31. The Morgan fingerprint density at radius 1 is 0.853 bits per heavy atom. The van der Waals surface area contributed by atoms with Gasteiger partial charge in [-0.1, -0.05) is 23.2 Å². The number of aromatic nitrogens is 1. The highest BCUT2D eigenvalue weighted by Crippen LogP contribution is 2.24. The van der Waals surface area contributed by atoms with Crippen LogP contribution in [0.15, 0.2) is 60.8 Å². The van der Waals surface area contributed by atoms with Crippen molar-refractivity contribution in [2.45, 2.75) is 0 Å². The highest BCUT2D eigenvalue weighted by Gasteiger charge is 2.17. The van der Waals surface area contributed by atoms with Crippen LogP contribution < -0.4 is 15.5 Å². The lowest BCUT2D eigenvalue weighted by Gasteiger charge is -2.20. The van der Waals surface area contributed by atoms with E-state index in [9.17, 15) is 14.4 Å². The molecule has 0 aliphatic carbocycles. The zero-order valence-electron chi connectivity index (χ0n) is 18.8. The first-order valence-electron chi connectivity index (χ1n) is 10.2. The van der Waals surface area contributed by atoms with E-state index in [1.165, 1.54) is 23.2 Å². The summed E-state index contributed by atoms with van der Waals surface area (Å²) in [6.45, 7) is 0.269. The fourth-order valence-corrected chi connectivity index (χ4v) is 3.35. The van der Waals surface area contributed by atoms with E-state index in [4.69, 9.17) is 23.2 Å². The topological polar surface area (TPSA) is 94.6 Å². The molecule has 0 aliphatic rings. The lowest BCUT2D eigenvalue weighted by atomic mass is 10.1. The Bertz CT molecular complexity index is 1220. The van der Waals surface area contributed by atoms with Gasteiger partial charge < -0.3 is 20.4 Å². The Kier molecular flexibility index (Phi) is 8.22. The van der Waals surface area contributed by atoms with Crippen molar-refractivity contribution in [2.75, 3.05) is 43.2 Å². The fraction of sp³-hybridized carbons (Fsp3) is 0.167. The number of halogens is 2. The van der Waals surface area contributed by atoms with Gasteiger partial charge in [-0.05, 0) is 68.7 Å². The molecule has 1 aromatic heterocycles. The van der Waals surface area contributed by atoms with Gasteiger partial charge in [0.2, 0.25) is 5.91 Å². The molecule has 1 heterocycles. The van der Waals surface area contributed by atoms with E-state index in [-0.39, 0.29) is 29.5 Å². The number of hydrogen-bond acceptors (Lipinski definition) is 5. The third-order valence-electron chi connectivity index (χ3n) is 4.78. The van der Waals surface area contributed by atoms with Crippen LogP contribution in [0, 0.1) is 0 Å². The smallest absolute Gasteiger partial charge is 0.258 e. The SMILES string of the molecule is CN(C)CC(=O)N(C)c1ccc(C(=O)Nc2ccc(Cl)cc2C(=O)Nc2cc(Cl)ccn2)cc1. The first-order valence-corrected chi connectivity index (χ1v) is 10.9. The monoisotopic (exact) mass is 499 g/mol. The van der Waals surface area contributed by atoms with Gasteiger partial charge >= 0.3 is 0 Å². The number of pyridine rings is 1. The van der Waals surface area contributed by atoms with Crippen LogP contribution in [0.2, 0.25) is 10.0 Å². The van der Waals surface area contributed by atoms with E-state index in [0.717, 1.165) is 0 Å². The minimum atomic E-state index is -0.510. The predicted octanol–water partition coefficient (Wildman–Crippen LogP) is 4.42. The molecule has 0 unspecified atom stereocenters. The Hall–Kier alpha value is -3.46. The van der Waals surface area contributed by atoms with Gasteiger partial charge in [-0.25, -0.2) is 4.98 Å². The van der Waals surface area contributed by atoms with E-state index >= 15 is 0 Å². The summed E-state index contributed by atoms with van der Waals surface area (Å²) in [5, 5.41) is 6.13. The maximum atomic E-state index is 12.8. The Labute approximate surface area is 207 Å². The van der Waals surface area contributed by atoms with Crippen molar-refractivity contribution in [1.29, 1.82) is 0 Å². The van der Waals surface area contributed by atoms with Gasteiger partial charge in [0, 0.05) is 34.5 Å². The molecule has 0 saturated heterocycles. The predicted molar refractivity (Wildman–Crippen MR) is 135 cm³/mol. The fourth-order valence-electron chi connectivity index (χ4n) is 3.02. The molecular weight excluding hydrogens is 477 g/mol. The van der Waals surface area contributed by atoms with Crippen LogP contribution in [0.3, 0.4) is 0 Å². The van der Waals surface area contributed by atoms with Crippen LogP contribution in [0.4, 0.5) is 17.2 Å². The quantitative estimate of drug-likeness (QED) is 0.501. The lowest BCUT2D eigenvalue weighted by molar-refractivity contribution is -0.118. The summed E-state index contributed by atoms with van der Waals surface area (Å²) in [6, 6.07) is 14.2. The van der Waals surface area contributed by atoms with Crippen LogP contribution in [0.5, 0.6) is 0 Å². The van der Waals surface area contributed by atoms with Gasteiger partial charge in [-0.2, -0.15) is 0 Å². The van der Waals surface area contributed by atoms with Gasteiger partial charge in [0.05, 0.1) is 17.8 Å². The maximum absolute atomic E-state index is 12.8. The molecule has 8 nitrogen and oxygen atoms in total. The van der Waals surface area contributed by atoms with E-state index in [1.807, 2.05) is 14.1 Å². The van der Waals surface area contributed by atoms with E-state index < -0.39 is 11.8 Å². The summed E-state index contributed by atoms with van der Waals surface area (Å²) in [5.74, 6) is -0.749. The summed E-state index contributed by atoms with van der Waals surface area (Å²) in [5.41, 5.74) is 1.45. The molecule has 3 aromatic rings. The Balaban J connectivity index is 1.76.